The molecule has 1 heterocycles. The number of nitrogens with zero attached hydrogens (tertiary/aromatic N) is 1. The van der Waals surface area contributed by atoms with Gasteiger partial charge in [0.05, 0.1) is 6.42 Å². The summed E-state index contributed by atoms with van der Waals surface area (Å²) in [6.45, 7) is 1.99. The maximum atomic E-state index is 10.7. The van der Waals surface area contributed by atoms with E-state index in [1.807, 2.05) is 6.92 Å². The van der Waals surface area contributed by atoms with Crippen molar-refractivity contribution < 1.29 is 9.59 Å². The predicted molar refractivity (Wildman–Crippen MR) is 40.5 cm³/mol. The van der Waals surface area contributed by atoms with Gasteiger partial charge in [-0.25, -0.2) is 9.79 Å². The van der Waals surface area contributed by atoms with Gasteiger partial charge in [-0.3, -0.25) is 10.1 Å². The molecule has 0 aromatic carbocycles. The van der Waals surface area contributed by atoms with Crippen LogP contribution in [0.4, 0.5) is 4.79 Å². The van der Waals surface area contributed by atoms with Crippen LogP contribution in [0.15, 0.2) is 4.99 Å². The Morgan fingerprint density at radius 2 is 2.27 bits per heavy atom. The van der Waals surface area contributed by atoms with Gasteiger partial charge in [-0.1, -0.05) is 13.3 Å². The van der Waals surface area contributed by atoms with Crippen LogP contribution in [0.3, 0.4) is 0 Å². The minimum absolute atomic E-state index is 0.242. The second-order valence-electron chi connectivity index (χ2n) is 2.46. The van der Waals surface area contributed by atoms with E-state index in [4.69, 9.17) is 0 Å². The zero-order chi connectivity index (χ0) is 8.27. The number of hydrogen-bond acceptors (Lipinski definition) is 2. The molecular formula is C7H10N2O2. The van der Waals surface area contributed by atoms with Crippen LogP contribution in [0.25, 0.3) is 0 Å². The molecule has 4 heteroatoms. The number of amides is 3. The van der Waals surface area contributed by atoms with E-state index in [1.165, 1.54) is 0 Å². The standard InChI is InChI=1S/C7H10N2O2/c1-2-3-5-4-6(10)9-7(11)8-5/h2-4H2,1H3,(H,9,10,11). The third kappa shape index (κ3) is 2.14. The Balaban J connectivity index is 2.64. The summed E-state index contributed by atoms with van der Waals surface area (Å²) in [5.41, 5.74) is 0.696. The van der Waals surface area contributed by atoms with Crippen molar-refractivity contribution in [3.8, 4) is 0 Å². The van der Waals surface area contributed by atoms with Gasteiger partial charge in [0.2, 0.25) is 5.91 Å². The third-order valence-electron chi connectivity index (χ3n) is 1.41. The van der Waals surface area contributed by atoms with Gasteiger partial charge in [-0.2, -0.15) is 0 Å². The first-order valence-corrected chi connectivity index (χ1v) is 3.62. The lowest BCUT2D eigenvalue weighted by molar-refractivity contribution is -0.118. The van der Waals surface area contributed by atoms with Crippen molar-refractivity contribution in [2.45, 2.75) is 26.2 Å². The number of aliphatic imine (C=N–C) groups is 1. The van der Waals surface area contributed by atoms with Crippen molar-refractivity contribution in [2.24, 2.45) is 4.99 Å². The fraction of sp³-hybridized carbons (Fsp3) is 0.571. The lowest BCUT2D eigenvalue weighted by atomic mass is 10.1. The summed E-state index contributed by atoms with van der Waals surface area (Å²) in [5.74, 6) is -0.242. The lowest BCUT2D eigenvalue weighted by Gasteiger charge is -2.09. The zero-order valence-electron chi connectivity index (χ0n) is 6.39. The van der Waals surface area contributed by atoms with Gasteiger partial charge in [0.1, 0.15) is 0 Å². The maximum Gasteiger partial charge on any atom is 0.347 e. The molecule has 60 valence electrons. The number of carbonyl (C=O) groups excluding carboxylic acids is 2. The molecule has 1 aliphatic heterocycles. The average molecular weight is 154 g/mol. The largest absolute Gasteiger partial charge is 0.347 e. The summed E-state index contributed by atoms with van der Waals surface area (Å²) in [4.78, 5) is 25.1. The van der Waals surface area contributed by atoms with Crippen LogP contribution >= 0.6 is 0 Å². The molecule has 4 nitrogen and oxygen atoms in total. The highest BCUT2D eigenvalue weighted by Gasteiger charge is 2.16. The fourth-order valence-corrected chi connectivity index (χ4v) is 0.993. The van der Waals surface area contributed by atoms with Crippen LogP contribution < -0.4 is 5.32 Å². The Kier molecular flexibility index (Phi) is 2.36. The number of nitrogens with one attached hydrogen (secondary N) is 1. The minimum atomic E-state index is -0.523. The van der Waals surface area contributed by atoms with Crippen LogP contribution in [0, 0.1) is 0 Å². The molecule has 0 bridgehead atoms. The molecule has 1 N–H and O–H groups in total. The molecule has 0 saturated carbocycles. The van der Waals surface area contributed by atoms with Gasteiger partial charge in [0.15, 0.2) is 0 Å². The second kappa shape index (κ2) is 3.27. The Labute approximate surface area is 64.7 Å². The van der Waals surface area contributed by atoms with Crippen LogP contribution in [0.1, 0.15) is 26.2 Å². The second-order valence-corrected chi connectivity index (χ2v) is 2.46. The van der Waals surface area contributed by atoms with E-state index < -0.39 is 6.03 Å². The van der Waals surface area contributed by atoms with E-state index in [-0.39, 0.29) is 12.3 Å². The molecule has 1 rings (SSSR count). The topological polar surface area (TPSA) is 58.5 Å². The van der Waals surface area contributed by atoms with Gasteiger partial charge in [-0.15, -0.1) is 0 Å². The molecule has 11 heavy (non-hydrogen) atoms. The number of carbonyl (C=O) groups is 2. The van der Waals surface area contributed by atoms with Gasteiger partial charge in [0.25, 0.3) is 0 Å². The summed E-state index contributed by atoms with van der Waals surface area (Å²) >= 11 is 0. The van der Waals surface area contributed by atoms with Crippen molar-refractivity contribution in [2.75, 3.05) is 0 Å². The first-order chi connectivity index (χ1) is 5.22. The van der Waals surface area contributed by atoms with Crippen molar-refractivity contribution in [1.82, 2.24) is 5.32 Å². The normalized spacial score (nSPS) is 17.7. The maximum absolute atomic E-state index is 10.7. The monoisotopic (exact) mass is 154 g/mol. The molecule has 0 aromatic heterocycles. The van der Waals surface area contributed by atoms with E-state index in [1.54, 1.807) is 0 Å². The summed E-state index contributed by atoms with van der Waals surface area (Å²) in [6, 6.07) is -0.523. The third-order valence-corrected chi connectivity index (χ3v) is 1.41. The van der Waals surface area contributed by atoms with E-state index in [0.29, 0.717) is 5.71 Å². The van der Waals surface area contributed by atoms with Crippen LogP contribution in [0.2, 0.25) is 0 Å². The highest BCUT2D eigenvalue weighted by Crippen LogP contribution is 2.02. The first kappa shape index (κ1) is 7.91. The molecule has 3 amide bonds. The number of hydrogen-bond donors (Lipinski definition) is 1. The van der Waals surface area contributed by atoms with Crippen LogP contribution in [-0.2, 0) is 4.79 Å². The predicted octanol–water partition coefficient (Wildman–Crippen LogP) is 0.867. The molecule has 0 radical (unpaired) electrons. The van der Waals surface area contributed by atoms with E-state index in [2.05, 4.69) is 10.3 Å². The van der Waals surface area contributed by atoms with Crippen LogP contribution in [-0.4, -0.2) is 17.6 Å². The summed E-state index contributed by atoms with van der Waals surface area (Å²) in [6.07, 6.45) is 1.93. The Morgan fingerprint density at radius 3 is 2.82 bits per heavy atom. The average Bonchev–Trinajstić information content (AvgIpc) is 1.85. The molecule has 0 aliphatic carbocycles. The van der Waals surface area contributed by atoms with Crippen molar-refractivity contribution >= 4 is 17.6 Å². The quantitative estimate of drug-likeness (QED) is 0.641. The molecule has 0 saturated heterocycles. The summed E-state index contributed by atoms with van der Waals surface area (Å²) in [7, 11) is 0. The number of rotatable bonds is 2. The van der Waals surface area contributed by atoms with Gasteiger partial charge >= 0.3 is 6.03 Å². The van der Waals surface area contributed by atoms with E-state index in [9.17, 15) is 9.59 Å². The molecule has 1 aliphatic rings. The zero-order valence-corrected chi connectivity index (χ0v) is 6.39. The van der Waals surface area contributed by atoms with Crippen molar-refractivity contribution in [3.05, 3.63) is 0 Å². The molecule has 0 spiro atoms. The molecule has 0 aromatic rings. The molecular weight excluding hydrogens is 144 g/mol. The molecule has 0 atom stereocenters. The number of imide groups is 1. The minimum Gasteiger partial charge on any atom is -0.276 e. The van der Waals surface area contributed by atoms with Gasteiger partial charge < -0.3 is 0 Å². The van der Waals surface area contributed by atoms with E-state index in [0.717, 1.165) is 12.8 Å². The summed E-state index contributed by atoms with van der Waals surface area (Å²) in [5, 5.41) is 2.10. The van der Waals surface area contributed by atoms with Crippen LogP contribution in [0.5, 0.6) is 0 Å². The molecule has 0 unspecified atom stereocenters. The Hall–Kier alpha value is -1.19. The smallest absolute Gasteiger partial charge is 0.276 e. The fourth-order valence-electron chi connectivity index (χ4n) is 0.993. The SMILES string of the molecule is CCCC1=NC(=O)NC(=O)C1. The highest BCUT2D eigenvalue weighted by molar-refractivity contribution is 6.14. The van der Waals surface area contributed by atoms with Crippen molar-refractivity contribution in [1.29, 1.82) is 0 Å². The summed E-state index contributed by atoms with van der Waals surface area (Å²) < 4.78 is 0. The highest BCUT2D eigenvalue weighted by atomic mass is 16.2. The Morgan fingerprint density at radius 1 is 1.55 bits per heavy atom. The van der Waals surface area contributed by atoms with Crippen molar-refractivity contribution in [3.63, 3.8) is 0 Å². The van der Waals surface area contributed by atoms with Gasteiger partial charge in [0, 0.05) is 5.71 Å². The van der Waals surface area contributed by atoms with Gasteiger partial charge in [-0.05, 0) is 6.42 Å². The first-order valence-electron chi connectivity index (χ1n) is 3.62. The lowest BCUT2D eigenvalue weighted by Crippen LogP contribution is -2.34. The Bertz CT molecular complexity index is 220. The van der Waals surface area contributed by atoms with E-state index >= 15 is 0 Å². The number of urea groups is 1. The molecule has 0 fully saturated rings.